The molecule has 0 spiro atoms. The molecule has 1 fully saturated rings. The topological polar surface area (TPSA) is 165 Å². The van der Waals surface area contributed by atoms with Gasteiger partial charge < -0.3 is 35.4 Å². The Morgan fingerprint density at radius 1 is 1.08 bits per heavy atom. The van der Waals surface area contributed by atoms with Crippen molar-refractivity contribution in [3.63, 3.8) is 0 Å². The second-order valence-corrected chi connectivity index (χ2v) is 5.84. The number of carbonyl (C=O) groups excluding carboxylic acids is 1. The van der Waals surface area contributed by atoms with Crippen LogP contribution >= 0.6 is 0 Å². The van der Waals surface area contributed by atoms with E-state index in [1.165, 1.54) is 24.3 Å². The lowest BCUT2D eigenvalue weighted by Gasteiger charge is -2.39. The molecule has 1 aliphatic carbocycles. The molecule has 0 aliphatic heterocycles. The monoisotopic (exact) mass is 354 g/mol. The van der Waals surface area contributed by atoms with Crippen molar-refractivity contribution in [2.75, 3.05) is 0 Å². The molecule has 0 aromatic heterocycles. The predicted octanol–water partition coefficient (Wildman–Crippen LogP) is -0.646. The van der Waals surface area contributed by atoms with E-state index < -0.39 is 54.4 Å². The molecule has 1 saturated carbocycles. The first-order chi connectivity index (χ1) is 11.6. The number of aromatic hydroxyl groups is 2. The number of rotatable bonds is 4. The van der Waals surface area contributed by atoms with Crippen LogP contribution in [-0.2, 0) is 14.3 Å². The van der Waals surface area contributed by atoms with Crippen molar-refractivity contribution < 1.29 is 45.0 Å². The van der Waals surface area contributed by atoms with Gasteiger partial charge in [-0.2, -0.15) is 0 Å². The van der Waals surface area contributed by atoms with Gasteiger partial charge in [0.15, 0.2) is 11.5 Å². The zero-order chi connectivity index (χ0) is 18.8. The molecule has 0 saturated heterocycles. The van der Waals surface area contributed by atoms with E-state index in [-0.39, 0.29) is 5.75 Å². The Balaban J connectivity index is 2.14. The Labute approximate surface area is 142 Å². The first-order valence-corrected chi connectivity index (χ1v) is 7.35. The average Bonchev–Trinajstić information content (AvgIpc) is 2.53. The number of carboxylic acids is 1. The first kappa shape index (κ1) is 18.7. The van der Waals surface area contributed by atoms with Crippen LogP contribution in [0.3, 0.4) is 0 Å². The summed E-state index contributed by atoms with van der Waals surface area (Å²) in [6.45, 7) is 0. The fourth-order valence-electron chi connectivity index (χ4n) is 2.59. The molecule has 0 bridgehead atoms. The number of hydrogen-bond acceptors (Lipinski definition) is 8. The highest BCUT2D eigenvalue weighted by Crippen LogP contribution is 2.33. The van der Waals surface area contributed by atoms with Crippen molar-refractivity contribution in [3.8, 4) is 11.5 Å². The van der Waals surface area contributed by atoms with Gasteiger partial charge in [-0.05, 0) is 23.8 Å². The minimum atomic E-state index is -2.17. The van der Waals surface area contributed by atoms with Crippen LogP contribution in [0, 0.1) is 0 Å². The molecule has 9 heteroatoms. The number of carboxylic acid groups (broad SMARTS) is 1. The molecular formula is C16H18O9. The summed E-state index contributed by atoms with van der Waals surface area (Å²) < 4.78 is 4.94. The summed E-state index contributed by atoms with van der Waals surface area (Å²) in [5, 5.41) is 56.8. The second-order valence-electron chi connectivity index (χ2n) is 5.84. The predicted molar refractivity (Wildman–Crippen MR) is 82.5 cm³/mol. The number of phenolic OH excluding ortho intramolecular Hbond substituents is 2. The number of benzene rings is 1. The third-order valence-electron chi connectivity index (χ3n) is 3.96. The summed E-state index contributed by atoms with van der Waals surface area (Å²) in [6.07, 6.45) is -3.67. The Hall–Kier alpha value is -2.62. The van der Waals surface area contributed by atoms with E-state index in [9.17, 15) is 40.2 Å². The van der Waals surface area contributed by atoms with Crippen molar-refractivity contribution >= 4 is 18.0 Å². The number of ether oxygens (including phenoxy) is 1. The maximum Gasteiger partial charge on any atom is 0.348 e. The molecule has 25 heavy (non-hydrogen) atoms. The molecule has 0 heterocycles. The molecular weight excluding hydrogens is 336 g/mol. The number of aliphatic carboxylic acids is 1. The molecule has 1 aliphatic rings. The van der Waals surface area contributed by atoms with Gasteiger partial charge in [-0.15, -0.1) is 0 Å². The van der Waals surface area contributed by atoms with Crippen LogP contribution in [-0.4, -0.2) is 66.5 Å². The van der Waals surface area contributed by atoms with E-state index in [1.54, 1.807) is 0 Å². The highest BCUT2D eigenvalue weighted by Gasteiger charge is 2.52. The van der Waals surface area contributed by atoms with Crippen molar-refractivity contribution in [2.45, 2.75) is 36.8 Å². The highest BCUT2D eigenvalue weighted by molar-refractivity contribution is 5.90. The molecule has 2 rings (SSSR count). The third kappa shape index (κ3) is 4.08. The maximum absolute atomic E-state index is 11.9. The summed E-state index contributed by atoms with van der Waals surface area (Å²) in [5.74, 6) is -3.34. The van der Waals surface area contributed by atoms with Crippen LogP contribution in [0.1, 0.15) is 18.4 Å². The smallest absolute Gasteiger partial charge is 0.348 e. The van der Waals surface area contributed by atoms with Crippen LogP contribution < -0.4 is 0 Å². The number of phenols is 2. The molecule has 2 atom stereocenters. The van der Waals surface area contributed by atoms with Gasteiger partial charge in [0.05, 0.1) is 12.2 Å². The summed E-state index contributed by atoms with van der Waals surface area (Å²) in [4.78, 5) is 23.4. The van der Waals surface area contributed by atoms with E-state index in [0.717, 1.165) is 6.08 Å². The summed E-state index contributed by atoms with van der Waals surface area (Å²) in [7, 11) is 0. The Morgan fingerprint density at radius 3 is 2.20 bits per heavy atom. The van der Waals surface area contributed by atoms with Crippen LogP contribution in [0.4, 0.5) is 0 Å². The minimum Gasteiger partial charge on any atom is -0.504 e. The Kier molecular flexibility index (Phi) is 5.31. The van der Waals surface area contributed by atoms with E-state index in [0.29, 0.717) is 5.56 Å². The number of carbonyl (C=O) groups is 2. The SMILES string of the molecule is O=C(/C=C/c1ccc(O)c(O)c1)OC1(C(=O)O)CC(O)C(O)C(O)C1. The van der Waals surface area contributed by atoms with Gasteiger partial charge in [0, 0.05) is 18.9 Å². The second kappa shape index (κ2) is 7.09. The Bertz CT molecular complexity index is 685. The fourth-order valence-corrected chi connectivity index (χ4v) is 2.59. The number of aliphatic hydroxyl groups is 3. The lowest BCUT2D eigenvalue weighted by molar-refractivity contribution is -0.201. The van der Waals surface area contributed by atoms with Crippen molar-refractivity contribution in [2.24, 2.45) is 0 Å². The van der Waals surface area contributed by atoms with Gasteiger partial charge in [0.1, 0.15) is 6.10 Å². The highest BCUT2D eigenvalue weighted by atomic mass is 16.6. The molecule has 9 nitrogen and oxygen atoms in total. The third-order valence-corrected chi connectivity index (χ3v) is 3.96. The lowest BCUT2D eigenvalue weighted by atomic mass is 9.79. The largest absolute Gasteiger partial charge is 0.504 e. The molecule has 0 amide bonds. The van der Waals surface area contributed by atoms with Gasteiger partial charge in [-0.1, -0.05) is 6.07 Å². The molecule has 2 unspecified atom stereocenters. The van der Waals surface area contributed by atoms with Crippen LogP contribution in [0.25, 0.3) is 6.08 Å². The quantitative estimate of drug-likeness (QED) is 0.234. The standard InChI is InChI=1S/C16H18O9/c17-9-3-1-8(5-10(9)18)2-4-13(21)25-16(15(23)24)6-11(19)14(22)12(20)7-16/h1-5,11-12,14,17-20,22H,6-7H2,(H,23,24)/b4-2+. The zero-order valence-electron chi connectivity index (χ0n) is 12.9. The van der Waals surface area contributed by atoms with E-state index in [1.807, 2.05) is 0 Å². The van der Waals surface area contributed by atoms with Gasteiger partial charge >= 0.3 is 11.9 Å². The molecule has 136 valence electrons. The van der Waals surface area contributed by atoms with Gasteiger partial charge in [-0.3, -0.25) is 0 Å². The van der Waals surface area contributed by atoms with Crippen LogP contribution in [0.5, 0.6) is 11.5 Å². The van der Waals surface area contributed by atoms with Crippen molar-refractivity contribution in [1.82, 2.24) is 0 Å². The molecule has 6 N–H and O–H groups in total. The zero-order valence-corrected chi connectivity index (χ0v) is 12.9. The van der Waals surface area contributed by atoms with Crippen LogP contribution in [0.15, 0.2) is 24.3 Å². The maximum atomic E-state index is 11.9. The average molecular weight is 354 g/mol. The van der Waals surface area contributed by atoms with Gasteiger partial charge in [-0.25, -0.2) is 9.59 Å². The molecule has 1 aromatic carbocycles. The van der Waals surface area contributed by atoms with Crippen molar-refractivity contribution in [1.29, 1.82) is 0 Å². The number of esters is 1. The summed E-state index contributed by atoms with van der Waals surface area (Å²) >= 11 is 0. The minimum absolute atomic E-state index is 0.340. The number of aliphatic hydroxyl groups excluding tert-OH is 3. The fraction of sp³-hybridized carbons (Fsp3) is 0.375. The van der Waals surface area contributed by atoms with E-state index >= 15 is 0 Å². The lowest BCUT2D eigenvalue weighted by Crippen LogP contribution is -2.57. The van der Waals surface area contributed by atoms with E-state index in [2.05, 4.69) is 0 Å². The molecule has 0 radical (unpaired) electrons. The summed E-state index contributed by atoms with van der Waals surface area (Å²) in [6, 6.07) is 3.78. The van der Waals surface area contributed by atoms with Crippen molar-refractivity contribution in [3.05, 3.63) is 29.8 Å². The Morgan fingerprint density at radius 2 is 1.68 bits per heavy atom. The number of hydrogen-bond donors (Lipinski definition) is 6. The van der Waals surface area contributed by atoms with E-state index in [4.69, 9.17) is 4.74 Å². The molecule has 1 aromatic rings. The summed E-state index contributed by atoms with van der Waals surface area (Å²) in [5.41, 5.74) is -1.83. The van der Waals surface area contributed by atoms with Crippen LogP contribution in [0.2, 0.25) is 0 Å². The van der Waals surface area contributed by atoms with Gasteiger partial charge in [0.2, 0.25) is 5.60 Å². The van der Waals surface area contributed by atoms with Gasteiger partial charge in [0.25, 0.3) is 0 Å². The first-order valence-electron chi connectivity index (χ1n) is 7.35. The normalized spacial score (nSPS) is 29.5.